The Hall–Kier alpha value is -3.02. The first-order valence-electron chi connectivity index (χ1n) is 8.52. The van der Waals surface area contributed by atoms with E-state index in [1.54, 1.807) is 18.2 Å². The first-order valence-corrected chi connectivity index (χ1v) is 8.52. The maximum Gasteiger partial charge on any atom is 0.244 e. The molecule has 26 heavy (non-hydrogen) atoms. The van der Waals surface area contributed by atoms with E-state index in [2.05, 4.69) is 5.32 Å². The topological polar surface area (TPSA) is 67.9 Å². The highest BCUT2D eigenvalue weighted by molar-refractivity contribution is 5.94. The molecule has 0 saturated heterocycles. The molecule has 1 N–H and O–H groups in total. The summed E-state index contributed by atoms with van der Waals surface area (Å²) in [6, 6.07) is 13.1. The number of carbonyl (C=O) groups is 2. The van der Waals surface area contributed by atoms with E-state index in [0.29, 0.717) is 36.9 Å². The Kier molecular flexibility index (Phi) is 5.41. The summed E-state index contributed by atoms with van der Waals surface area (Å²) < 4.78 is 11.0. The van der Waals surface area contributed by atoms with Crippen LogP contribution in [0.25, 0.3) is 0 Å². The van der Waals surface area contributed by atoms with Gasteiger partial charge in [-0.3, -0.25) is 9.59 Å². The lowest BCUT2D eigenvalue weighted by atomic mass is 10.1. The molecule has 136 valence electrons. The van der Waals surface area contributed by atoms with E-state index < -0.39 is 0 Å². The molecule has 0 aliphatic carbocycles. The summed E-state index contributed by atoms with van der Waals surface area (Å²) in [6.07, 6.45) is 0. The summed E-state index contributed by atoms with van der Waals surface area (Å²) in [5.74, 6) is 0.868. The fraction of sp³-hybridized carbons (Fsp3) is 0.300. The third-order valence-corrected chi connectivity index (χ3v) is 4.23. The van der Waals surface area contributed by atoms with Gasteiger partial charge in [-0.05, 0) is 30.2 Å². The molecule has 2 aromatic carbocycles. The van der Waals surface area contributed by atoms with Crippen molar-refractivity contribution in [2.75, 3.05) is 25.1 Å². The van der Waals surface area contributed by atoms with Crippen molar-refractivity contribution in [2.24, 2.45) is 0 Å². The Bertz CT molecular complexity index is 819. The number of hydrogen-bond donors (Lipinski definition) is 1. The molecule has 0 spiro atoms. The molecular weight excluding hydrogens is 332 g/mol. The zero-order chi connectivity index (χ0) is 18.5. The highest BCUT2D eigenvalue weighted by atomic mass is 16.6. The number of hydrogen-bond acceptors (Lipinski definition) is 4. The molecule has 0 radical (unpaired) electrons. The molecule has 6 nitrogen and oxygen atoms in total. The van der Waals surface area contributed by atoms with Crippen LogP contribution in [-0.2, 0) is 16.1 Å². The minimum Gasteiger partial charge on any atom is -0.486 e. The van der Waals surface area contributed by atoms with Crippen molar-refractivity contribution in [3.05, 3.63) is 53.6 Å². The average Bonchev–Trinajstić information content (AvgIpc) is 2.62. The normalized spacial score (nSPS) is 12.4. The number of anilines is 1. The first-order chi connectivity index (χ1) is 12.5. The number of nitrogens with zero attached hydrogens (tertiary/aromatic N) is 1. The van der Waals surface area contributed by atoms with Crippen LogP contribution in [0.3, 0.4) is 0 Å². The minimum absolute atomic E-state index is 0.0158. The van der Waals surface area contributed by atoms with Crippen LogP contribution in [0.2, 0.25) is 0 Å². The number of fused-ring (bicyclic) bond motifs is 1. The van der Waals surface area contributed by atoms with Gasteiger partial charge in [0.15, 0.2) is 11.5 Å². The number of aryl methyl sites for hydroxylation is 1. The van der Waals surface area contributed by atoms with Crippen molar-refractivity contribution < 1.29 is 19.1 Å². The minimum atomic E-state index is -0.259. The van der Waals surface area contributed by atoms with Gasteiger partial charge in [0.05, 0.1) is 0 Å². The largest absolute Gasteiger partial charge is 0.486 e. The lowest BCUT2D eigenvalue weighted by molar-refractivity contribution is -0.133. The van der Waals surface area contributed by atoms with Crippen LogP contribution >= 0.6 is 0 Å². The molecule has 0 atom stereocenters. The monoisotopic (exact) mass is 354 g/mol. The van der Waals surface area contributed by atoms with E-state index >= 15 is 0 Å². The number of amides is 2. The van der Waals surface area contributed by atoms with Gasteiger partial charge in [-0.25, -0.2) is 0 Å². The third-order valence-electron chi connectivity index (χ3n) is 4.23. The third kappa shape index (κ3) is 4.33. The SMILES string of the molecule is CC(=O)N(CC(=O)Nc1ccc2c(c1)OCCO2)Cc1ccccc1C. The lowest BCUT2D eigenvalue weighted by Gasteiger charge is -2.22. The Morgan fingerprint density at radius 2 is 1.81 bits per heavy atom. The molecule has 1 aliphatic rings. The summed E-state index contributed by atoms with van der Waals surface area (Å²) in [6.45, 7) is 4.84. The molecule has 1 heterocycles. The number of carbonyl (C=O) groups excluding carboxylic acids is 2. The fourth-order valence-corrected chi connectivity index (χ4v) is 2.77. The van der Waals surface area contributed by atoms with Crippen molar-refractivity contribution in [2.45, 2.75) is 20.4 Å². The highest BCUT2D eigenvalue weighted by Gasteiger charge is 2.17. The van der Waals surface area contributed by atoms with Gasteiger partial charge in [0.1, 0.15) is 19.8 Å². The second-order valence-electron chi connectivity index (χ2n) is 6.21. The molecule has 0 aromatic heterocycles. The highest BCUT2D eigenvalue weighted by Crippen LogP contribution is 2.32. The molecule has 0 bridgehead atoms. The van der Waals surface area contributed by atoms with Gasteiger partial charge >= 0.3 is 0 Å². The second-order valence-corrected chi connectivity index (χ2v) is 6.21. The molecule has 1 aliphatic heterocycles. The van der Waals surface area contributed by atoms with Gasteiger partial charge in [-0.1, -0.05) is 24.3 Å². The Morgan fingerprint density at radius 1 is 1.08 bits per heavy atom. The van der Waals surface area contributed by atoms with Crippen molar-refractivity contribution in [1.29, 1.82) is 0 Å². The number of ether oxygens (including phenoxy) is 2. The van der Waals surface area contributed by atoms with E-state index in [0.717, 1.165) is 11.1 Å². The van der Waals surface area contributed by atoms with Crippen LogP contribution in [0, 0.1) is 6.92 Å². The summed E-state index contributed by atoms with van der Waals surface area (Å²) in [5.41, 5.74) is 2.72. The Balaban J connectivity index is 1.65. The molecular formula is C20H22N2O4. The van der Waals surface area contributed by atoms with E-state index in [9.17, 15) is 9.59 Å². The molecule has 0 fully saturated rings. The standard InChI is InChI=1S/C20H22N2O4/c1-14-5-3-4-6-16(14)12-22(15(2)23)13-20(24)21-17-7-8-18-19(11-17)26-10-9-25-18/h3-8,11H,9-10,12-13H2,1-2H3,(H,21,24). The number of rotatable bonds is 5. The van der Waals surface area contributed by atoms with E-state index in [-0.39, 0.29) is 18.4 Å². The Morgan fingerprint density at radius 3 is 2.54 bits per heavy atom. The van der Waals surface area contributed by atoms with Gasteiger partial charge in [-0.2, -0.15) is 0 Å². The van der Waals surface area contributed by atoms with Crippen LogP contribution in [0.15, 0.2) is 42.5 Å². The van der Waals surface area contributed by atoms with Gasteiger partial charge in [-0.15, -0.1) is 0 Å². The van der Waals surface area contributed by atoms with Crippen LogP contribution in [-0.4, -0.2) is 36.5 Å². The zero-order valence-electron chi connectivity index (χ0n) is 15.0. The van der Waals surface area contributed by atoms with Gasteiger partial charge < -0.3 is 19.7 Å². The average molecular weight is 354 g/mol. The smallest absolute Gasteiger partial charge is 0.244 e. The van der Waals surface area contributed by atoms with Crippen molar-refractivity contribution in [3.63, 3.8) is 0 Å². The van der Waals surface area contributed by atoms with Crippen LogP contribution in [0.4, 0.5) is 5.69 Å². The second kappa shape index (κ2) is 7.91. The van der Waals surface area contributed by atoms with Gasteiger partial charge in [0, 0.05) is 25.2 Å². The lowest BCUT2D eigenvalue weighted by Crippen LogP contribution is -2.36. The molecule has 6 heteroatoms. The van der Waals surface area contributed by atoms with Gasteiger partial charge in [0.25, 0.3) is 0 Å². The summed E-state index contributed by atoms with van der Waals surface area (Å²) in [5, 5.41) is 2.81. The number of benzene rings is 2. The summed E-state index contributed by atoms with van der Waals surface area (Å²) in [4.78, 5) is 25.9. The number of nitrogens with one attached hydrogen (secondary N) is 1. The molecule has 3 rings (SSSR count). The van der Waals surface area contributed by atoms with E-state index in [1.165, 1.54) is 11.8 Å². The molecule has 2 amide bonds. The summed E-state index contributed by atoms with van der Waals surface area (Å²) >= 11 is 0. The fourth-order valence-electron chi connectivity index (χ4n) is 2.77. The zero-order valence-corrected chi connectivity index (χ0v) is 15.0. The van der Waals surface area contributed by atoms with E-state index in [1.807, 2.05) is 31.2 Å². The van der Waals surface area contributed by atoms with Crippen molar-refractivity contribution >= 4 is 17.5 Å². The maximum absolute atomic E-state index is 12.4. The first kappa shape index (κ1) is 17.8. The van der Waals surface area contributed by atoms with E-state index in [4.69, 9.17) is 9.47 Å². The molecule has 0 unspecified atom stereocenters. The van der Waals surface area contributed by atoms with Gasteiger partial charge in [0.2, 0.25) is 11.8 Å². The maximum atomic E-state index is 12.4. The van der Waals surface area contributed by atoms with Crippen LogP contribution < -0.4 is 14.8 Å². The summed E-state index contributed by atoms with van der Waals surface area (Å²) in [7, 11) is 0. The van der Waals surface area contributed by atoms with Crippen molar-refractivity contribution in [1.82, 2.24) is 4.90 Å². The molecule has 2 aromatic rings. The predicted molar refractivity (Wildman–Crippen MR) is 98.3 cm³/mol. The Labute approximate surface area is 152 Å². The molecule has 0 saturated carbocycles. The van der Waals surface area contributed by atoms with Crippen LogP contribution in [0.1, 0.15) is 18.1 Å². The quantitative estimate of drug-likeness (QED) is 0.896. The van der Waals surface area contributed by atoms with Crippen LogP contribution in [0.5, 0.6) is 11.5 Å². The van der Waals surface area contributed by atoms with Crippen molar-refractivity contribution in [3.8, 4) is 11.5 Å². The predicted octanol–water partition coefficient (Wildman–Crippen LogP) is 2.75.